The minimum absolute atomic E-state index is 0.00807. The number of sulfonamides is 1. The minimum Gasteiger partial charge on any atom is -0.383 e. The molecule has 0 fully saturated rings. The van der Waals surface area contributed by atoms with E-state index in [-0.39, 0.29) is 22.8 Å². The molecule has 1 aromatic heterocycles. The number of nitrogens with zero attached hydrogens (tertiary/aromatic N) is 4. The zero-order chi connectivity index (χ0) is 13.9. The summed E-state index contributed by atoms with van der Waals surface area (Å²) in [7, 11) is 0.770. The van der Waals surface area contributed by atoms with Crippen molar-refractivity contribution < 1.29 is 13.2 Å². The van der Waals surface area contributed by atoms with Crippen LogP contribution < -0.4 is 0 Å². The van der Waals surface area contributed by atoms with Gasteiger partial charge in [-0.1, -0.05) is 5.21 Å². The van der Waals surface area contributed by atoms with Gasteiger partial charge < -0.3 is 4.74 Å². The van der Waals surface area contributed by atoms with Crippen LogP contribution in [0, 0.1) is 0 Å². The van der Waals surface area contributed by atoms with Gasteiger partial charge in [-0.25, -0.2) is 13.1 Å². The molecule has 1 rings (SSSR count). The third-order valence-electron chi connectivity index (χ3n) is 2.19. The molecular weight excluding hydrogens is 348 g/mol. The van der Waals surface area contributed by atoms with Crippen molar-refractivity contribution in [2.45, 2.75) is 10.4 Å². The lowest BCUT2D eigenvalue weighted by molar-refractivity contribution is 0.192. The molecule has 104 valence electrons. The molecule has 0 aliphatic heterocycles. The summed E-state index contributed by atoms with van der Waals surface area (Å²) < 4.78 is 31.9. The second-order valence-corrected chi connectivity index (χ2v) is 6.98. The van der Waals surface area contributed by atoms with Gasteiger partial charge in [0.25, 0.3) is 10.0 Å². The lowest BCUT2D eigenvalue weighted by Gasteiger charge is -2.19. The van der Waals surface area contributed by atoms with Gasteiger partial charge in [-0.15, -0.1) is 16.7 Å². The molecule has 10 heteroatoms. The molecule has 0 saturated carbocycles. The van der Waals surface area contributed by atoms with E-state index in [4.69, 9.17) is 16.3 Å². The molecule has 1 unspecified atom stereocenters. The Morgan fingerprint density at radius 2 is 2.22 bits per heavy atom. The van der Waals surface area contributed by atoms with Gasteiger partial charge in [0.05, 0.1) is 12.0 Å². The van der Waals surface area contributed by atoms with Gasteiger partial charge in [-0.2, -0.15) is 4.31 Å². The first-order chi connectivity index (χ1) is 8.30. The van der Waals surface area contributed by atoms with Crippen LogP contribution in [-0.4, -0.2) is 60.4 Å². The van der Waals surface area contributed by atoms with Crippen LogP contribution in [0.5, 0.6) is 0 Å². The number of aryl methyl sites for hydroxylation is 1. The van der Waals surface area contributed by atoms with Gasteiger partial charge in [0.2, 0.25) is 5.03 Å². The van der Waals surface area contributed by atoms with Crippen molar-refractivity contribution in [1.29, 1.82) is 0 Å². The predicted octanol–water partition coefficient (Wildman–Crippen LogP) is 0.452. The van der Waals surface area contributed by atoms with Crippen LogP contribution in [-0.2, 0) is 21.8 Å². The first-order valence-corrected chi connectivity index (χ1v) is 7.62. The van der Waals surface area contributed by atoms with Crippen molar-refractivity contribution in [1.82, 2.24) is 19.3 Å². The highest BCUT2D eigenvalue weighted by molar-refractivity contribution is 9.10. The van der Waals surface area contributed by atoms with Crippen molar-refractivity contribution in [2.24, 2.45) is 7.05 Å². The van der Waals surface area contributed by atoms with Crippen LogP contribution in [0.3, 0.4) is 0 Å². The van der Waals surface area contributed by atoms with E-state index >= 15 is 0 Å². The number of halogens is 2. The zero-order valence-corrected chi connectivity index (χ0v) is 13.3. The number of methoxy groups -OCH3 is 1. The van der Waals surface area contributed by atoms with E-state index in [0.29, 0.717) is 0 Å². The Bertz CT molecular complexity index is 487. The Kier molecular flexibility index (Phi) is 5.53. The van der Waals surface area contributed by atoms with Crippen molar-refractivity contribution in [2.75, 3.05) is 27.3 Å². The summed E-state index contributed by atoms with van der Waals surface area (Å²) in [4.78, 5) is 0. The SMILES string of the molecule is COCC(Cl)CN(C)S(=O)(=O)c1c(Br)nnn1C. The van der Waals surface area contributed by atoms with E-state index in [1.165, 1.54) is 25.9 Å². The third-order valence-corrected chi connectivity index (χ3v) is 5.17. The second kappa shape index (κ2) is 6.29. The summed E-state index contributed by atoms with van der Waals surface area (Å²) in [5.74, 6) is 0. The maximum absolute atomic E-state index is 12.3. The fourth-order valence-corrected chi connectivity index (χ4v) is 4.01. The number of hydrogen-bond donors (Lipinski definition) is 0. The molecule has 1 heterocycles. The summed E-state index contributed by atoms with van der Waals surface area (Å²) in [6, 6.07) is 0. The quantitative estimate of drug-likeness (QED) is 0.688. The highest BCUT2D eigenvalue weighted by Gasteiger charge is 2.29. The predicted molar refractivity (Wildman–Crippen MR) is 70.0 cm³/mol. The van der Waals surface area contributed by atoms with Gasteiger partial charge in [0, 0.05) is 27.7 Å². The van der Waals surface area contributed by atoms with Crippen molar-refractivity contribution in [3.8, 4) is 0 Å². The maximum atomic E-state index is 12.3. The molecule has 0 amide bonds. The second-order valence-electron chi connectivity index (χ2n) is 3.65. The monoisotopic (exact) mass is 360 g/mol. The molecular formula is C8H14BrClN4O3S. The highest BCUT2D eigenvalue weighted by atomic mass is 79.9. The van der Waals surface area contributed by atoms with E-state index in [2.05, 4.69) is 26.2 Å². The van der Waals surface area contributed by atoms with Crippen LogP contribution in [0.4, 0.5) is 0 Å². The van der Waals surface area contributed by atoms with Gasteiger partial charge in [0.15, 0.2) is 4.60 Å². The standard InChI is InChI=1S/C8H14BrClN4O3S/c1-13(4-6(10)5-17-3)18(15,16)8-7(9)11-12-14(8)2/h6H,4-5H2,1-3H3. The maximum Gasteiger partial charge on any atom is 0.262 e. The summed E-state index contributed by atoms with van der Waals surface area (Å²) in [5.41, 5.74) is 0. The zero-order valence-electron chi connectivity index (χ0n) is 10.2. The average Bonchev–Trinajstić information content (AvgIpc) is 2.59. The largest absolute Gasteiger partial charge is 0.383 e. The first kappa shape index (κ1) is 15.8. The fraction of sp³-hybridized carbons (Fsp3) is 0.750. The van der Waals surface area contributed by atoms with Crippen LogP contribution in [0.15, 0.2) is 9.63 Å². The number of alkyl halides is 1. The van der Waals surface area contributed by atoms with E-state index < -0.39 is 15.4 Å². The Morgan fingerprint density at radius 3 is 2.67 bits per heavy atom. The van der Waals surface area contributed by atoms with Crippen LogP contribution >= 0.6 is 27.5 Å². The molecule has 1 atom stereocenters. The molecule has 18 heavy (non-hydrogen) atoms. The summed E-state index contributed by atoms with van der Waals surface area (Å²) >= 11 is 9.00. The van der Waals surface area contributed by atoms with Crippen molar-refractivity contribution >= 4 is 37.6 Å². The van der Waals surface area contributed by atoms with Gasteiger partial charge in [-0.05, 0) is 15.9 Å². The van der Waals surface area contributed by atoms with E-state index in [1.54, 1.807) is 0 Å². The Morgan fingerprint density at radius 1 is 1.61 bits per heavy atom. The molecule has 7 nitrogen and oxygen atoms in total. The molecule has 0 N–H and O–H groups in total. The smallest absolute Gasteiger partial charge is 0.262 e. The molecule has 0 aliphatic carbocycles. The highest BCUT2D eigenvalue weighted by Crippen LogP contribution is 2.21. The number of hydrogen-bond acceptors (Lipinski definition) is 5. The van der Waals surface area contributed by atoms with Gasteiger partial charge in [0.1, 0.15) is 0 Å². The first-order valence-electron chi connectivity index (χ1n) is 4.95. The van der Waals surface area contributed by atoms with E-state index in [0.717, 1.165) is 4.31 Å². The van der Waals surface area contributed by atoms with Gasteiger partial charge >= 0.3 is 0 Å². The Labute approximate surface area is 119 Å². The third kappa shape index (κ3) is 3.41. The molecule has 0 aromatic carbocycles. The normalized spacial score (nSPS) is 14.1. The van der Waals surface area contributed by atoms with Gasteiger partial charge in [-0.3, -0.25) is 0 Å². The van der Waals surface area contributed by atoms with Crippen molar-refractivity contribution in [3.63, 3.8) is 0 Å². The topological polar surface area (TPSA) is 77.3 Å². The molecule has 0 saturated heterocycles. The lowest BCUT2D eigenvalue weighted by Crippen LogP contribution is -2.35. The summed E-state index contributed by atoms with van der Waals surface area (Å²) in [6.45, 7) is 0.404. The lowest BCUT2D eigenvalue weighted by atomic mass is 10.4. The molecule has 0 bridgehead atoms. The van der Waals surface area contributed by atoms with Crippen LogP contribution in [0.25, 0.3) is 0 Å². The van der Waals surface area contributed by atoms with E-state index in [9.17, 15) is 8.42 Å². The molecule has 1 aromatic rings. The summed E-state index contributed by atoms with van der Waals surface area (Å²) in [5, 5.41) is 6.85. The van der Waals surface area contributed by atoms with Crippen LogP contribution in [0.1, 0.15) is 0 Å². The Balaban J connectivity index is 2.94. The number of ether oxygens (including phenoxy) is 1. The minimum atomic E-state index is -3.69. The number of aromatic nitrogens is 3. The Hall–Kier alpha value is -0.220. The average molecular weight is 362 g/mol. The number of rotatable bonds is 6. The molecule has 0 aliphatic rings. The van der Waals surface area contributed by atoms with Crippen molar-refractivity contribution in [3.05, 3.63) is 4.60 Å². The molecule has 0 spiro atoms. The van der Waals surface area contributed by atoms with Crippen LogP contribution in [0.2, 0.25) is 0 Å². The fourth-order valence-electron chi connectivity index (χ4n) is 1.35. The summed E-state index contributed by atoms with van der Waals surface area (Å²) in [6.07, 6.45) is 0. The van der Waals surface area contributed by atoms with E-state index in [1.807, 2.05) is 0 Å². The molecule has 0 radical (unpaired) electrons.